The lowest BCUT2D eigenvalue weighted by Crippen LogP contribution is -2.06. The Morgan fingerprint density at radius 1 is 1.33 bits per heavy atom. The van der Waals surface area contributed by atoms with Crippen molar-refractivity contribution in [3.8, 4) is 6.07 Å². The minimum Gasteiger partial charge on any atom is -0.198 e. The number of nitriles is 1. The Morgan fingerprint density at radius 3 is 2.53 bits per heavy atom. The van der Waals surface area contributed by atoms with Gasteiger partial charge in [-0.15, -0.1) is 0 Å². The largest absolute Gasteiger partial charge is 0.417 e. The van der Waals surface area contributed by atoms with Crippen LogP contribution in [0.2, 0.25) is 5.02 Å². The fraction of sp³-hybridized carbons (Fsp3) is 0.300. The molecule has 0 aliphatic heterocycles. The molecule has 0 saturated carbocycles. The Kier molecular flexibility index (Phi) is 3.59. The van der Waals surface area contributed by atoms with Crippen molar-refractivity contribution in [1.29, 1.82) is 5.26 Å². The number of hydrogen-bond acceptors (Lipinski definition) is 1. The molecule has 0 aliphatic carbocycles. The van der Waals surface area contributed by atoms with Crippen LogP contribution in [0.3, 0.4) is 0 Å². The van der Waals surface area contributed by atoms with Gasteiger partial charge in [0.2, 0.25) is 0 Å². The molecule has 15 heavy (non-hydrogen) atoms. The maximum atomic E-state index is 12.4. The number of aryl methyl sites for hydroxylation is 1. The van der Waals surface area contributed by atoms with Crippen LogP contribution in [0.5, 0.6) is 0 Å². The number of hydrogen-bond donors (Lipinski definition) is 0. The van der Waals surface area contributed by atoms with Crippen LogP contribution in [-0.4, -0.2) is 0 Å². The van der Waals surface area contributed by atoms with Gasteiger partial charge in [-0.05, 0) is 24.1 Å². The van der Waals surface area contributed by atoms with E-state index in [2.05, 4.69) is 0 Å². The molecule has 1 nitrogen and oxygen atoms in total. The first-order valence-corrected chi connectivity index (χ1v) is 4.55. The zero-order valence-electron chi connectivity index (χ0n) is 7.61. The van der Waals surface area contributed by atoms with Crippen LogP contribution in [-0.2, 0) is 12.6 Å². The predicted octanol–water partition coefficient (Wildman–Crippen LogP) is 3.81. The monoisotopic (exact) mass is 233 g/mol. The second-order valence-electron chi connectivity index (χ2n) is 2.97. The van der Waals surface area contributed by atoms with Crippen LogP contribution in [0.25, 0.3) is 0 Å². The molecular formula is C10H7ClF3N. The maximum Gasteiger partial charge on any atom is 0.417 e. The van der Waals surface area contributed by atoms with E-state index in [1.165, 1.54) is 12.1 Å². The van der Waals surface area contributed by atoms with Gasteiger partial charge in [-0.1, -0.05) is 17.7 Å². The summed E-state index contributed by atoms with van der Waals surface area (Å²) in [5.74, 6) is 0. The molecule has 0 radical (unpaired) electrons. The Morgan fingerprint density at radius 2 is 2.00 bits per heavy atom. The molecule has 0 aromatic heterocycles. The smallest absolute Gasteiger partial charge is 0.198 e. The first-order valence-electron chi connectivity index (χ1n) is 4.17. The quantitative estimate of drug-likeness (QED) is 0.762. The average molecular weight is 234 g/mol. The second-order valence-corrected chi connectivity index (χ2v) is 3.38. The van der Waals surface area contributed by atoms with Crippen LogP contribution in [0, 0.1) is 11.3 Å². The van der Waals surface area contributed by atoms with Crippen molar-refractivity contribution in [2.45, 2.75) is 19.0 Å². The molecule has 1 aromatic carbocycles. The highest BCUT2D eigenvalue weighted by Gasteiger charge is 2.33. The second kappa shape index (κ2) is 4.54. The summed E-state index contributed by atoms with van der Waals surface area (Å²) in [5, 5.41) is 8.00. The highest BCUT2D eigenvalue weighted by molar-refractivity contribution is 6.31. The van der Waals surface area contributed by atoms with Gasteiger partial charge in [-0.3, -0.25) is 0 Å². The highest BCUT2D eigenvalue weighted by atomic mass is 35.5. The summed E-state index contributed by atoms with van der Waals surface area (Å²) in [7, 11) is 0. The molecule has 0 bridgehead atoms. The van der Waals surface area contributed by atoms with E-state index >= 15 is 0 Å². The third kappa shape index (κ3) is 3.14. The van der Waals surface area contributed by atoms with Gasteiger partial charge in [-0.25, -0.2) is 0 Å². The third-order valence-electron chi connectivity index (χ3n) is 1.86. The average Bonchev–Trinajstić information content (AvgIpc) is 2.15. The van der Waals surface area contributed by atoms with Crippen molar-refractivity contribution in [3.63, 3.8) is 0 Å². The van der Waals surface area contributed by atoms with Gasteiger partial charge < -0.3 is 0 Å². The van der Waals surface area contributed by atoms with Crippen molar-refractivity contribution in [2.24, 2.45) is 0 Å². The Labute approximate surface area is 90.1 Å². The van der Waals surface area contributed by atoms with Gasteiger partial charge in [0.15, 0.2) is 0 Å². The van der Waals surface area contributed by atoms with Crippen LogP contribution >= 0.6 is 11.6 Å². The Hall–Kier alpha value is -1.21. The molecular weight excluding hydrogens is 227 g/mol. The van der Waals surface area contributed by atoms with E-state index in [4.69, 9.17) is 16.9 Å². The molecule has 0 spiro atoms. The van der Waals surface area contributed by atoms with Crippen LogP contribution in [0.1, 0.15) is 17.5 Å². The van der Waals surface area contributed by atoms with Crippen molar-refractivity contribution >= 4 is 11.6 Å². The normalized spacial score (nSPS) is 11.1. The van der Waals surface area contributed by atoms with E-state index in [-0.39, 0.29) is 11.4 Å². The van der Waals surface area contributed by atoms with Crippen LogP contribution in [0.4, 0.5) is 13.2 Å². The fourth-order valence-electron chi connectivity index (χ4n) is 1.15. The lowest BCUT2D eigenvalue weighted by Gasteiger charge is -2.10. The molecule has 0 heterocycles. The minimum absolute atomic E-state index is 0.193. The minimum atomic E-state index is -4.44. The van der Waals surface area contributed by atoms with E-state index in [1.54, 1.807) is 0 Å². The van der Waals surface area contributed by atoms with Gasteiger partial charge >= 0.3 is 6.18 Å². The predicted molar refractivity (Wildman–Crippen MR) is 50.4 cm³/mol. The SMILES string of the molecule is N#CCCc1ccc(Cl)c(C(F)(F)F)c1. The van der Waals surface area contributed by atoms with Crippen LogP contribution < -0.4 is 0 Å². The number of benzene rings is 1. The zero-order chi connectivity index (χ0) is 11.5. The van der Waals surface area contributed by atoms with E-state index in [1.807, 2.05) is 6.07 Å². The summed E-state index contributed by atoms with van der Waals surface area (Å²) in [6.45, 7) is 0. The summed E-state index contributed by atoms with van der Waals surface area (Å²) in [6, 6.07) is 5.56. The first-order chi connectivity index (χ1) is 6.95. The topological polar surface area (TPSA) is 23.8 Å². The number of rotatable bonds is 2. The van der Waals surface area contributed by atoms with E-state index in [9.17, 15) is 13.2 Å². The molecule has 0 atom stereocenters. The van der Waals surface area contributed by atoms with E-state index in [0.29, 0.717) is 12.0 Å². The Bertz CT molecular complexity index is 393. The number of halogens is 4. The molecule has 5 heteroatoms. The molecule has 1 rings (SSSR count). The molecule has 0 unspecified atom stereocenters. The summed E-state index contributed by atoms with van der Waals surface area (Å²) in [5.41, 5.74) is -0.382. The number of alkyl halides is 3. The summed E-state index contributed by atoms with van der Waals surface area (Å²) >= 11 is 5.43. The molecule has 0 fully saturated rings. The molecule has 0 aliphatic rings. The van der Waals surface area contributed by atoms with E-state index in [0.717, 1.165) is 6.07 Å². The third-order valence-corrected chi connectivity index (χ3v) is 2.19. The van der Waals surface area contributed by atoms with Crippen molar-refractivity contribution < 1.29 is 13.2 Å². The molecule has 0 amide bonds. The van der Waals surface area contributed by atoms with Gasteiger partial charge in [-0.2, -0.15) is 18.4 Å². The molecule has 0 N–H and O–H groups in total. The standard InChI is InChI=1S/C10H7ClF3N/c11-9-4-3-7(2-1-5-15)6-8(9)10(12,13)14/h3-4,6H,1-2H2. The van der Waals surface area contributed by atoms with Crippen molar-refractivity contribution in [1.82, 2.24) is 0 Å². The van der Waals surface area contributed by atoms with Crippen molar-refractivity contribution in [3.05, 3.63) is 34.3 Å². The molecule has 0 saturated heterocycles. The Balaban J connectivity index is 3.02. The fourth-order valence-corrected chi connectivity index (χ4v) is 1.37. The lowest BCUT2D eigenvalue weighted by molar-refractivity contribution is -0.137. The summed E-state index contributed by atoms with van der Waals surface area (Å²) in [6.07, 6.45) is -3.95. The van der Waals surface area contributed by atoms with Gasteiger partial charge in [0.05, 0.1) is 16.7 Å². The zero-order valence-corrected chi connectivity index (χ0v) is 8.36. The van der Waals surface area contributed by atoms with Gasteiger partial charge in [0.1, 0.15) is 0 Å². The maximum absolute atomic E-state index is 12.4. The molecule has 80 valence electrons. The first kappa shape index (κ1) is 11.9. The molecule has 1 aromatic rings. The van der Waals surface area contributed by atoms with E-state index < -0.39 is 11.7 Å². The van der Waals surface area contributed by atoms with Gasteiger partial charge in [0.25, 0.3) is 0 Å². The summed E-state index contributed by atoms with van der Waals surface area (Å²) in [4.78, 5) is 0. The highest BCUT2D eigenvalue weighted by Crippen LogP contribution is 2.35. The lowest BCUT2D eigenvalue weighted by atomic mass is 10.1. The van der Waals surface area contributed by atoms with Gasteiger partial charge in [0, 0.05) is 6.42 Å². The van der Waals surface area contributed by atoms with Crippen LogP contribution in [0.15, 0.2) is 18.2 Å². The number of nitrogens with zero attached hydrogens (tertiary/aromatic N) is 1. The summed E-state index contributed by atoms with van der Waals surface area (Å²) < 4.78 is 37.2. The van der Waals surface area contributed by atoms with Crippen molar-refractivity contribution in [2.75, 3.05) is 0 Å².